The number of carbonyl (C=O) groups is 2. The summed E-state index contributed by atoms with van der Waals surface area (Å²) in [5, 5.41) is 6.45. The molecular formula is C28H40N2O3S. The minimum Gasteiger partial charge on any atom is -0.376 e. The third-order valence-electron chi connectivity index (χ3n) is 8.69. The van der Waals surface area contributed by atoms with Gasteiger partial charge in [-0.15, -0.1) is 11.8 Å². The second-order valence-electron chi connectivity index (χ2n) is 11.5. The molecule has 6 rings (SSSR count). The van der Waals surface area contributed by atoms with Crippen molar-refractivity contribution in [2.75, 3.05) is 18.9 Å². The summed E-state index contributed by atoms with van der Waals surface area (Å²) in [5.74, 6) is 3.42. The Bertz CT molecular complexity index is 853. The Kier molecular flexibility index (Phi) is 7.55. The lowest BCUT2D eigenvalue weighted by atomic mass is 9.53. The lowest BCUT2D eigenvalue weighted by Crippen LogP contribution is -2.60. The molecular weight excluding hydrogens is 444 g/mol. The van der Waals surface area contributed by atoms with Gasteiger partial charge in [-0.05, 0) is 87.2 Å². The molecule has 0 aliphatic heterocycles. The van der Waals surface area contributed by atoms with Gasteiger partial charge in [-0.3, -0.25) is 9.59 Å². The zero-order chi connectivity index (χ0) is 23.5. The van der Waals surface area contributed by atoms with Gasteiger partial charge in [0.15, 0.2) is 0 Å². The number of hydrogen-bond donors (Lipinski definition) is 2. The van der Waals surface area contributed by atoms with Gasteiger partial charge in [-0.25, -0.2) is 0 Å². The van der Waals surface area contributed by atoms with Gasteiger partial charge in [0.05, 0.1) is 24.0 Å². The van der Waals surface area contributed by atoms with E-state index in [0.717, 1.165) is 48.3 Å². The van der Waals surface area contributed by atoms with Crippen molar-refractivity contribution in [3.63, 3.8) is 0 Å². The maximum absolute atomic E-state index is 12.9. The normalized spacial score (nSPS) is 34.1. The molecule has 2 N–H and O–H groups in total. The molecule has 0 radical (unpaired) electrons. The summed E-state index contributed by atoms with van der Waals surface area (Å²) in [6.45, 7) is 3.31. The molecule has 1 aromatic carbocycles. The minimum absolute atomic E-state index is 0.0408. The molecule has 5 saturated carbocycles. The Morgan fingerprint density at radius 3 is 2.41 bits per heavy atom. The summed E-state index contributed by atoms with van der Waals surface area (Å²) in [6, 6.07) is 7.61. The van der Waals surface area contributed by atoms with E-state index in [0.29, 0.717) is 36.5 Å². The summed E-state index contributed by atoms with van der Waals surface area (Å²) >= 11 is 1.47. The van der Waals surface area contributed by atoms with Gasteiger partial charge in [0, 0.05) is 17.0 Å². The van der Waals surface area contributed by atoms with Crippen LogP contribution in [-0.4, -0.2) is 42.4 Å². The summed E-state index contributed by atoms with van der Waals surface area (Å²) in [6.07, 6.45) is 12.8. The fourth-order valence-electron chi connectivity index (χ4n) is 7.52. The van der Waals surface area contributed by atoms with Crippen LogP contribution in [0, 0.1) is 23.7 Å². The van der Waals surface area contributed by atoms with Crippen LogP contribution in [0.15, 0.2) is 29.2 Å². The molecule has 0 saturated heterocycles. The summed E-state index contributed by atoms with van der Waals surface area (Å²) < 4.78 is 6.03. The average Bonchev–Trinajstić information content (AvgIpc) is 2.80. The van der Waals surface area contributed by atoms with Crippen molar-refractivity contribution in [2.45, 2.75) is 87.7 Å². The van der Waals surface area contributed by atoms with Crippen molar-refractivity contribution in [3.8, 4) is 0 Å². The Labute approximate surface area is 208 Å². The molecule has 1 aromatic rings. The van der Waals surface area contributed by atoms with Gasteiger partial charge in [-0.2, -0.15) is 0 Å². The maximum atomic E-state index is 12.9. The van der Waals surface area contributed by atoms with Crippen LogP contribution >= 0.6 is 11.8 Å². The molecule has 186 valence electrons. The molecule has 2 amide bonds. The lowest BCUT2D eigenvalue weighted by molar-refractivity contribution is -0.124. The topological polar surface area (TPSA) is 67.4 Å². The zero-order valence-corrected chi connectivity index (χ0v) is 21.3. The fourth-order valence-corrected chi connectivity index (χ4v) is 8.37. The highest BCUT2D eigenvalue weighted by atomic mass is 32.2. The van der Waals surface area contributed by atoms with E-state index >= 15 is 0 Å². The number of amides is 2. The number of ether oxygens (including phenoxy) is 1. The minimum atomic E-state index is -0.0927. The summed E-state index contributed by atoms with van der Waals surface area (Å²) in [4.78, 5) is 26.6. The van der Waals surface area contributed by atoms with Crippen molar-refractivity contribution in [2.24, 2.45) is 23.7 Å². The van der Waals surface area contributed by atoms with Gasteiger partial charge >= 0.3 is 0 Å². The van der Waals surface area contributed by atoms with E-state index in [1.165, 1.54) is 50.3 Å². The van der Waals surface area contributed by atoms with Crippen LogP contribution in [0.5, 0.6) is 0 Å². The molecule has 5 aliphatic carbocycles. The molecule has 2 atom stereocenters. The highest BCUT2D eigenvalue weighted by Crippen LogP contribution is 2.55. The smallest absolute Gasteiger partial charge is 0.252 e. The van der Waals surface area contributed by atoms with Crippen LogP contribution in [0.2, 0.25) is 0 Å². The first-order chi connectivity index (χ1) is 16.5. The SMILES string of the molecule is CC1CCCCC1OCCNC(=O)c1ccccc1SCC(=O)NC12CC3CC(CC(C3)C1)C2. The van der Waals surface area contributed by atoms with E-state index in [9.17, 15) is 9.59 Å². The first kappa shape index (κ1) is 24.2. The molecule has 5 fully saturated rings. The molecule has 6 heteroatoms. The van der Waals surface area contributed by atoms with Crippen LogP contribution in [0.3, 0.4) is 0 Å². The largest absolute Gasteiger partial charge is 0.376 e. The van der Waals surface area contributed by atoms with E-state index in [-0.39, 0.29) is 17.4 Å². The van der Waals surface area contributed by atoms with Crippen LogP contribution in [0.1, 0.15) is 81.5 Å². The second kappa shape index (κ2) is 10.6. The van der Waals surface area contributed by atoms with Crippen molar-refractivity contribution in [3.05, 3.63) is 29.8 Å². The molecule has 4 bridgehead atoms. The number of benzene rings is 1. The van der Waals surface area contributed by atoms with Gasteiger partial charge in [0.2, 0.25) is 5.91 Å². The molecule has 2 unspecified atom stereocenters. The average molecular weight is 485 g/mol. The van der Waals surface area contributed by atoms with Gasteiger partial charge in [0.1, 0.15) is 0 Å². The Morgan fingerprint density at radius 2 is 1.71 bits per heavy atom. The quantitative estimate of drug-likeness (QED) is 0.374. The predicted octanol–water partition coefficient (Wildman–Crippen LogP) is 5.19. The third kappa shape index (κ3) is 5.64. The van der Waals surface area contributed by atoms with Crippen molar-refractivity contribution in [1.29, 1.82) is 0 Å². The molecule has 0 heterocycles. The fraction of sp³-hybridized carbons (Fsp3) is 0.714. The monoisotopic (exact) mass is 484 g/mol. The van der Waals surface area contributed by atoms with E-state index in [2.05, 4.69) is 17.6 Å². The lowest BCUT2D eigenvalue weighted by Gasteiger charge is -2.56. The summed E-state index contributed by atoms with van der Waals surface area (Å²) in [5.41, 5.74) is 0.681. The molecule has 0 aromatic heterocycles. The standard InChI is InChI=1S/C28H40N2O3S/c1-19-6-2-4-8-24(19)33-11-10-29-27(32)23-7-3-5-9-25(23)34-18-26(31)30-28-15-20-12-21(16-28)14-22(13-20)17-28/h3,5,7,9,19-22,24H,2,4,6,8,10-18H2,1H3,(H,29,32)(H,30,31). The Morgan fingerprint density at radius 1 is 1.03 bits per heavy atom. The van der Waals surface area contributed by atoms with E-state index in [1.54, 1.807) is 0 Å². The molecule has 5 aliphatic rings. The maximum Gasteiger partial charge on any atom is 0.252 e. The van der Waals surface area contributed by atoms with Crippen LogP contribution in [-0.2, 0) is 9.53 Å². The third-order valence-corrected chi connectivity index (χ3v) is 9.76. The highest BCUT2D eigenvalue weighted by molar-refractivity contribution is 8.00. The van der Waals surface area contributed by atoms with E-state index in [4.69, 9.17) is 4.74 Å². The van der Waals surface area contributed by atoms with Crippen molar-refractivity contribution >= 4 is 23.6 Å². The summed E-state index contributed by atoms with van der Waals surface area (Å²) in [7, 11) is 0. The number of nitrogens with one attached hydrogen (secondary N) is 2. The predicted molar refractivity (Wildman–Crippen MR) is 136 cm³/mol. The number of thioether (sulfide) groups is 1. The molecule has 34 heavy (non-hydrogen) atoms. The Hall–Kier alpha value is -1.53. The number of rotatable bonds is 9. The van der Waals surface area contributed by atoms with Crippen LogP contribution in [0.4, 0.5) is 0 Å². The van der Waals surface area contributed by atoms with E-state index < -0.39 is 0 Å². The first-order valence-corrected chi connectivity index (χ1v) is 14.4. The number of hydrogen-bond acceptors (Lipinski definition) is 4. The molecule has 5 nitrogen and oxygen atoms in total. The van der Waals surface area contributed by atoms with Crippen molar-refractivity contribution < 1.29 is 14.3 Å². The van der Waals surface area contributed by atoms with Crippen LogP contribution < -0.4 is 10.6 Å². The Balaban J connectivity index is 1.09. The second-order valence-corrected chi connectivity index (χ2v) is 12.5. The van der Waals surface area contributed by atoms with Crippen LogP contribution in [0.25, 0.3) is 0 Å². The van der Waals surface area contributed by atoms with E-state index in [1.807, 2.05) is 24.3 Å². The first-order valence-electron chi connectivity index (χ1n) is 13.4. The van der Waals surface area contributed by atoms with Gasteiger partial charge in [-0.1, -0.05) is 31.9 Å². The zero-order valence-electron chi connectivity index (χ0n) is 20.5. The highest BCUT2D eigenvalue weighted by Gasteiger charge is 2.51. The number of carbonyl (C=O) groups excluding carboxylic acids is 2. The van der Waals surface area contributed by atoms with Crippen molar-refractivity contribution in [1.82, 2.24) is 10.6 Å². The molecule has 0 spiro atoms. The van der Waals surface area contributed by atoms with Gasteiger partial charge < -0.3 is 15.4 Å². The van der Waals surface area contributed by atoms with Gasteiger partial charge in [0.25, 0.3) is 5.91 Å².